The highest BCUT2D eigenvalue weighted by Crippen LogP contribution is 2.20. The quantitative estimate of drug-likeness (QED) is 0.864. The summed E-state index contributed by atoms with van der Waals surface area (Å²) in [4.78, 5) is 2.38. The highest BCUT2D eigenvalue weighted by molar-refractivity contribution is 5.32. The van der Waals surface area contributed by atoms with Crippen molar-refractivity contribution in [1.29, 1.82) is 0 Å². The van der Waals surface area contributed by atoms with Gasteiger partial charge in [0.1, 0.15) is 5.75 Å². The Morgan fingerprint density at radius 2 is 2.24 bits per heavy atom. The first kappa shape index (κ1) is 12.4. The fraction of sp³-hybridized carbons (Fsp3) is 0.571. The summed E-state index contributed by atoms with van der Waals surface area (Å²) in [6.45, 7) is 3.71. The van der Waals surface area contributed by atoms with Crippen molar-refractivity contribution in [2.45, 2.75) is 19.4 Å². The van der Waals surface area contributed by atoms with E-state index in [0.29, 0.717) is 12.5 Å². The zero-order chi connectivity index (χ0) is 12.1. The monoisotopic (exact) mass is 234 g/mol. The topological polar surface area (TPSA) is 38.5 Å². The van der Waals surface area contributed by atoms with Crippen LogP contribution in [0, 0.1) is 5.92 Å². The van der Waals surface area contributed by atoms with Crippen LogP contribution in [-0.4, -0.2) is 31.6 Å². The van der Waals surface area contributed by atoms with Gasteiger partial charge in [0.25, 0.3) is 0 Å². The normalized spacial score (nSPS) is 21.4. The first-order valence-electron chi connectivity index (χ1n) is 6.39. The number of nitrogens with zero attached hydrogens (tertiary/aromatic N) is 1. The zero-order valence-corrected chi connectivity index (χ0v) is 10.6. The van der Waals surface area contributed by atoms with Crippen LogP contribution in [0.5, 0.6) is 5.75 Å². The summed E-state index contributed by atoms with van der Waals surface area (Å²) < 4.78 is 5.91. The molecule has 1 aliphatic rings. The molecule has 2 N–H and O–H groups in total. The largest absolute Gasteiger partial charge is 0.493 e. The second-order valence-electron chi connectivity index (χ2n) is 4.89. The van der Waals surface area contributed by atoms with Crippen molar-refractivity contribution in [2.24, 2.45) is 11.7 Å². The van der Waals surface area contributed by atoms with E-state index < -0.39 is 0 Å². The minimum Gasteiger partial charge on any atom is -0.493 e. The third-order valence-corrected chi connectivity index (χ3v) is 3.39. The van der Waals surface area contributed by atoms with Gasteiger partial charge in [0.15, 0.2) is 0 Å². The molecule has 1 unspecified atom stereocenters. The number of benzene rings is 1. The second-order valence-corrected chi connectivity index (χ2v) is 4.89. The third-order valence-electron chi connectivity index (χ3n) is 3.39. The molecule has 1 aromatic rings. The van der Waals surface area contributed by atoms with Crippen LogP contribution in [0.3, 0.4) is 0 Å². The van der Waals surface area contributed by atoms with Gasteiger partial charge in [-0.05, 0) is 32.5 Å². The summed E-state index contributed by atoms with van der Waals surface area (Å²) in [5.41, 5.74) is 6.79. The minimum atomic E-state index is 0.542. The Kier molecular flexibility index (Phi) is 4.40. The Morgan fingerprint density at radius 3 is 3.00 bits per heavy atom. The first-order chi connectivity index (χ1) is 8.29. The van der Waals surface area contributed by atoms with Crippen LogP contribution in [0.2, 0.25) is 0 Å². The number of para-hydroxylation sites is 1. The van der Waals surface area contributed by atoms with E-state index in [4.69, 9.17) is 10.5 Å². The van der Waals surface area contributed by atoms with Gasteiger partial charge in [0.2, 0.25) is 0 Å². The Bertz CT molecular complexity index is 354. The second kappa shape index (κ2) is 6.03. The number of rotatable bonds is 4. The molecule has 0 amide bonds. The molecular formula is C14H22N2O. The number of piperidine rings is 1. The number of ether oxygens (including phenoxy) is 1. The zero-order valence-electron chi connectivity index (χ0n) is 10.6. The lowest BCUT2D eigenvalue weighted by atomic mass is 9.99. The molecule has 0 bridgehead atoms. The van der Waals surface area contributed by atoms with E-state index in [1.165, 1.54) is 19.4 Å². The standard InChI is InChI=1S/C14H22N2O/c1-16-8-4-5-12(10-16)11-17-14-7-3-2-6-13(14)9-15/h2-3,6-7,12H,4-5,8-11,15H2,1H3. The molecule has 17 heavy (non-hydrogen) atoms. The molecule has 1 heterocycles. The average Bonchev–Trinajstić information content (AvgIpc) is 2.37. The SMILES string of the molecule is CN1CCCC(COc2ccccc2CN)C1. The van der Waals surface area contributed by atoms with Crippen LogP contribution in [0.4, 0.5) is 0 Å². The summed E-state index contributed by atoms with van der Waals surface area (Å²) in [7, 11) is 2.18. The van der Waals surface area contributed by atoms with Gasteiger partial charge in [0, 0.05) is 24.6 Å². The van der Waals surface area contributed by atoms with Gasteiger partial charge in [-0.15, -0.1) is 0 Å². The molecule has 94 valence electrons. The molecule has 1 fully saturated rings. The summed E-state index contributed by atoms with van der Waals surface area (Å²) >= 11 is 0. The number of likely N-dealkylation sites (tertiary alicyclic amines) is 1. The molecule has 0 saturated carbocycles. The van der Waals surface area contributed by atoms with E-state index >= 15 is 0 Å². The van der Waals surface area contributed by atoms with Crippen LogP contribution < -0.4 is 10.5 Å². The van der Waals surface area contributed by atoms with Crippen molar-refractivity contribution in [1.82, 2.24) is 4.90 Å². The molecule has 0 spiro atoms. The molecule has 1 saturated heterocycles. The van der Waals surface area contributed by atoms with Crippen LogP contribution in [0.1, 0.15) is 18.4 Å². The lowest BCUT2D eigenvalue weighted by Gasteiger charge is -2.29. The van der Waals surface area contributed by atoms with Gasteiger partial charge in [-0.1, -0.05) is 18.2 Å². The predicted octanol–water partition coefficient (Wildman–Crippen LogP) is 1.87. The predicted molar refractivity (Wildman–Crippen MR) is 70.0 cm³/mol. The van der Waals surface area contributed by atoms with Crippen LogP contribution in [-0.2, 0) is 6.54 Å². The number of nitrogens with two attached hydrogens (primary N) is 1. The summed E-state index contributed by atoms with van der Waals surface area (Å²) in [5, 5.41) is 0. The lowest BCUT2D eigenvalue weighted by molar-refractivity contribution is 0.150. The molecule has 3 heteroatoms. The summed E-state index contributed by atoms with van der Waals surface area (Å²) in [5.74, 6) is 1.60. The van der Waals surface area contributed by atoms with Crippen molar-refractivity contribution >= 4 is 0 Å². The van der Waals surface area contributed by atoms with Crippen molar-refractivity contribution in [2.75, 3.05) is 26.7 Å². The van der Waals surface area contributed by atoms with Gasteiger partial charge in [0.05, 0.1) is 6.61 Å². The summed E-state index contributed by atoms with van der Waals surface area (Å²) in [6, 6.07) is 8.04. The maximum Gasteiger partial charge on any atom is 0.123 e. The van der Waals surface area contributed by atoms with Crippen molar-refractivity contribution in [3.63, 3.8) is 0 Å². The van der Waals surface area contributed by atoms with Crippen molar-refractivity contribution < 1.29 is 4.74 Å². The lowest BCUT2D eigenvalue weighted by Crippen LogP contribution is -2.34. The Hall–Kier alpha value is -1.06. The Morgan fingerprint density at radius 1 is 1.41 bits per heavy atom. The van der Waals surface area contributed by atoms with Crippen molar-refractivity contribution in [3.05, 3.63) is 29.8 Å². The van der Waals surface area contributed by atoms with E-state index in [-0.39, 0.29) is 0 Å². The van der Waals surface area contributed by atoms with Crippen LogP contribution in [0.15, 0.2) is 24.3 Å². The first-order valence-corrected chi connectivity index (χ1v) is 6.39. The molecule has 0 aliphatic carbocycles. The molecular weight excluding hydrogens is 212 g/mol. The van der Waals surface area contributed by atoms with E-state index in [2.05, 4.69) is 11.9 Å². The Labute approximate surface area is 104 Å². The van der Waals surface area contributed by atoms with Crippen molar-refractivity contribution in [3.8, 4) is 5.75 Å². The fourth-order valence-corrected chi connectivity index (χ4v) is 2.43. The Balaban J connectivity index is 1.88. The van der Waals surface area contributed by atoms with E-state index in [1.54, 1.807) is 0 Å². The van der Waals surface area contributed by atoms with Gasteiger partial charge in [-0.3, -0.25) is 0 Å². The molecule has 3 nitrogen and oxygen atoms in total. The molecule has 1 aliphatic heterocycles. The maximum absolute atomic E-state index is 5.91. The number of hydrogen-bond donors (Lipinski definition) is 1. The summed E-state index contributed by atoms with van der Waals surface area (Å²) in [6.07, 6.45) is 2.55. The van der Waals surface area contributed by atoms with E-state index in [9.17, 15) is 0 Å². The van der Waals surface area contributed by atoms with Crippen LogP contribution >= 0.6 is 0 Å². The van der Waals surface area contributed by atoms with Crippen LogP contribution in [0.25, 0.3) is 0 Å². The third kappa shape index (κ3) is 3.45. The highest BCUT2D eigenvalue weighted by Gasteiger charge is 2.17. The van der Waals surface area contributed by atoms with Gasteiger partial charge < -0.3 is 15.4 Å². The highest BCUT2D eigenvalue weighted by atomic mass is 16.5. The molecule has 0 radical (unpaired) electrons. The minimum absolute atomic E-state index is 0.542. The number of hydrogen-bond acceptors (Lipinski definition) is 3. The van der Waals surface area contributed by atoms with Gasteiger partial charge in [-0.25, -0.2) is 0 Å². The maximum atomic E-state index is 5.91. The molecule has 1 atom stereocenters. The molecule has 1 aromatic carbocycles. The average molecular weight is 234 g/mol. The smallest absolute Gasteiger partial charge is 0.123 e. The van der Waals surface area contributed by atoms with E-state index in [0.717, 1.165) is 24.5 Å². The van der Waals surface area contributed by atoms with Gasteiger partial charge in [-0.2, -0.15) is 0 Å². The fourth-order valence-electron chi connectivity index (χ4n) is 2.43. The molecule has 0 aromatic heterocycles. The van der Waals surface area contributed by atoms with Gasteiger partial charge >= 0.3 is 0 Å². The molecule has 2 rings (SSSR count). The van der Waals surface area contributed by atoms with E-state index in [1.807, 2.05) is 24.3 Å².